The van der Waals surface area contributed by atoms with Crippen LogP contribution in [0.15, 0.2) is 34.9 Å². The Kier molecular flexibility index (Phi) is 6.93. The second kappa shape index (κ2) is 9.85. The number of amides is 1. The van der Waals surface area contributed by atoms with Gasteiger partial charge in [-0.05, 0) is 44.0 Å². The van der Waals surface area contributed by atoms with Crippen LogP contribution in [-0.2, 0) is 17.6 Å². The van der Waals surface area contributed by atoms with Crippen molar-refractivity contribution in [2.75, 3.05) is 26.9 Å². The molecule has 2 aromatic heterocycles. The molecule has 32 heavy (non-hydrogen) atoms. The first-order chi connectivity index (χ1) is 15.5. The number of likely N-dealkylation sites (tertiary alicyclic amines) is 1. The number of aromatic nitrogens is 2. The number of nitrogens with zero attached hydrogens (tertiary/aromatic N) is 3. The lowest BCUT2D eigenvalue weighted by Gasteiger charge is -2.23. The highest BCUT2D eigenvalue weighted by molar-refractivity contribution is 6.30. The number of ether oxygens (including phenoxy) is 2. The zero-order chi connectivity index (χ0) is 22.7. The van der Waals surface area contributed by atoms with E-state index in [0.717, 1.165) is 5.69 Å². The maximum absolute atomic E-state index is 13.3. The molecule has 0 spiro atoms. The standard InChI is InChI=1S/C23H26ClN3O5/c1-3-31-18-11-17(13-28)27(12-18)23(29)14-8-19-22(20(9-14)30-2)32-21(26-19)5-4-16-10-15(24)6-7-25-16/h6-10,17-18,28H,3-5,11-13H2,1-2H3/t17?,18-/m1/s1. The van der Waals surface area contributed by atoms with Crippen molar-refractivity contribution in [3.05, 3.63) is 52.6 Å². The van der Waals surface area contributed by atoms with Gasteiger partial charge in [-0.25, -0.2) is 4.98 Å². The fourth-order valence-electron chi connectivity index (χ4n) is 4.07. The Labute approximate surface area is 191 Å². The first-order valence-corrected chi connectivity index (χ1v) is 11.0. The Morgan fingerprint density at radius 3 is 2.91 bits per heavy atom. The normalized spacial score (nSPS) is 18.4. The van der Waals surface area contributed by atoms with E-state index in [9.17, 15) is 9.90 Å². The fraction of sp³-hybridized carbons (Fsp3) is 0.435. The number of aliphatic hydroxyl groups excluding tert-OH is 1. The molecule has 3 aromatic rings. The van der Waals surface area contributed by atoms with Gasteiger partial charge >= 0.3 is 0 Å². The first-order valence-electron chi connectivity index (χ1n) is 10.6. The van der Waals surface area contributed by atoms with Crippen LogP contribution >= 0.6 is 11.6 Å². The smallest absolute Gasteiger partial charge is 0.254 e. The van der Waals surface area contributed by atoms with Gasteiger partial charge in [-0.2, -0.15) is 0 Å². The number of methoxy groups -OCH3 is 1. The van der Waals surface area contributed by atoms with E-state index < -0.39 is 0 Å². The van der Waals surface area contributed by atoms with Crippen molar-refractivity contribution < 1.29 is 23.8 Å². The lowest BCUT2D eigenvalue weighted by Crippen LogP contribution is -2.38. The number of hydrogen-bond donors (Lipinski definition) is 1. The molecule has 1 aliphatic rings. The van der Waals surface area contributed by atoms with Crippen molar-refractivity contribution in [2.24, 2.45) is 0 Å². The number of halogens is 1. The third-order valence-electron chi connectivity index (χ3n) is 5.59. The van der Waals surface area contributed by atoms with Crippen LogP contribution in [0.2, 0.25) is 5.02 Å². The minimum Gasteiger partial charge on any atom is -0.493 e. The van der Waals surface area contributed by atoms with Crippen LogP contribution in [0.25, 0.3) is 11.1 Å². The summed E-state index contributed by atoms with van der Waals surface area (Å²) in [5.41, 5.74) is 2.31. The van der Waals surface area contributed by atoms with Gasteiger partial charge in [-0.3, -0.25) is 9.78 Å². The Morgan fingerprint density at radius 2 is 2.19 bits per heavy atom. The summed E-state index contributed by atoms with van der Waals surface area (Å²) < 4.78 is 17.1. The largest absolute Gasteiger partial charge is 0.493 e. The summed E-state index contributed by atoms with van der Waals surface area (Å²) in [5, 5.41) is 10.4. The Morgan fingerprint density at radius 1 is 1.34 bits per heavy atom. The number of fused-ring (bicyclic) bond motifs is 1. The van der Waals surface area contributed by atoms with Gasteiger partial charge in [0.05, 0.1) is 25.9 Å². The summed E-state index contributed by atoms with van der Waals surface area (Å²) in [5.74, 6) is 0.765. The van der Waals surface area contributed by atoms with Crippen molar-refractivity contribution in [3.8, 4) is 5.75 Å². The molecule has 1 unspecified atom stereocenters. The molecular formula is C23H26ClN3O5. The van der Waals surface area contributed by atoms with Gasteiger partial charge in [0, 0.05) is 42.0 Å². The highest BCUT2D eigenvalue weighted by Crippen LogP contribution is 2.31. The summed E-state index contributed by atoms with van der Waals surface area (Å²) in [6.07, 6.45) is 3.35. The molecule has 0 aliphatic carbocycles. The predicted molar refractivity (Wildman–Crippen MR) is 119 cm³/mol. The average Bonchev–Trinajstić information content (AvgIpc) is 3.40. The van der Waals surface area contributed by atoms with E-state index >= 15 is 0 Å². The summed E-state index contributed by atoms with van der Waals surface area (Å²) in [7, 11) is 1.53. The van der Waals surface area contributed by atoms with Gasteiger partial charge in [0.1, 0.15) is 5.52 Å². The van der Waals surface area contributed by atoms with Crippen LogP contribution in [0, 0.1) is 0 Å². The molecule has 1 N–H and O–H groups in total. The third-order valence-corrected chi connectivity index (χ3v) is 5.83. The van der Waals surface area contributed by atoms with Crippen molar-refractivity contribution >= 4 is 28.6 Å². The van der Waals surface area contributed by atoms with E-state index in [1.54, 1.807) is 29.3 Å². The zero-order valence-electron chi connectivity index (χ0n) is 18.1. The molecule has 3 heterocycles. The number of rotatable bonds is 8. The van der Waals surface area contributed by atoms with Crippen molar-refractivity contribution in [3.63, 3.8) is 0 Å². The molecule has 0 bridgehead atoms. The second-order valence-corrected chi connectivity index (χ2v) is 8.14. The monoisotopic (exact) mass is 459 g/mol. The Balaban J connectivity index is 1.57. The third kappa shape index (κ3) is 4.72. The highest BCUT2D eigenvalue weighted by Gasteiger charge is 2.36. The van der Waals surface area contributed by atoms with Crippen LogP contribution in [0.1, 0.15) is 35.3 Å². The van der Waals surface area contributed by atoms with Gasteiger partial charge in [-0.15, -0.1) is 0 Å². The molecular weight excluding hydrogens is 434 g/mol. The second-order valence-electron chi connectivity index (χ2n) is 7.71. The maximum atomic E-state index is 13.3. The van der Waals surface area contributed by atoms with Crippen molar-refractivity contribution in [1.82, 2.24) is 14.9 Å². The van der Waals surface area contributed by atoms with Gasteiger partial charge in [0.2, 0.25) is 0 Å². The maximum Gasteiger partial charge on any atom is 0.254 e. The number of benzene rings is 1. The summed E-state index contributed by atoms with van der Waals surface area (Å²) in [6.45, 7) is 2.81. The Bertz CT molecular complexity index is 1100. The summed E-state index contributed by atoms with van der Waals surface area (Å²) in [4.78, 5) is 23.8. The number of pyridine rings is 1. The topological polar surface area (TPSA) is 97.9 Å². The van der Waals surface area contributed by atoms with E-state index in [2.05, 4.69) is 9.97 Å². The van der Waals surface area contributed by atoms with Crippen LogP contribution in [0.3, 0.4) is 0 Å². The molecule has 8 nitrogen and oxygen atoms in total. The average molecular weight is 460 g/mol. The minimum absolute atomic E-state index is 0.0783. The molecule has 170 valence electrons. The highest BCUT2D eigenvalue weighted by atomic mass is 35.5. The van der Waals surface area contributed by atoms with Crippen LogP contribution < -0.4 is 4.74 Å². The molecule has 1 fully saturated rings. The van der Waals surface area contributed by atoms with E-state index in [-0.39, 0.29) is 24.7 Å². The predicted octanol–water partition coefficient (Wildman–Crippen LogP) is 3.28. The van der Waals surface area contributed by atoms with Gasteiger partial charge in [0.15, 0.2) is 17.2 Å². The number of oxazole rings is 1. The van der Waals surface area contributed by atoms with Crippen molar-refractivity contribution in [2.45, 2.75) is 38.3 Å². The quantitative estimate of drug-likeness (QED) is 0.552. The lowest BCUT2D eigenvalue weighted by molar-refractivity contribution is 0.0579. The van der Waals surface area contributed by atoms with Gasteiger partial charge < -0.3 is 23.9 Å². The number of carbonyl (C=O) groups is 1. The molecule has 0 radical (unpaired) electrons. The molecule has 2 atom stereocenters. The fourth-order valence-corrected chi connectivity index (χ4v) is 4.25. The Hall–Kier alpha value is -2.68. The number of hydrogen-bond acceptors (Lipinski definition) is 7. The van der Waals surface area contributed by atoms with E-state index in [4.69, 9.17) is 25.5 Å². The van der Waals surface area contributed by atoms with Crippen LogP contribution in [-0.4, -0.2) is 64.9 Å². The molecule has 1 amide bonds. The molecule has 0 saturated carbocycles. The molecule has 4 rings (SSSR count). The van der Waals surface area contributed by atoms with E-state index in [0.29, 0.717) is 65.7 Å². The summed E-state index contributed by atoms with van der Waals surface area (Å²) >= 11 is 6.02. The van der Waals surface area contributed by atoms with E-state index in [1.165, 1.54) is 7.11 Å². The molecule has 1 saturated heterocycles. The van der Waals surface area contributed by atoms with Gasteiger partial charge in [0.25, 0.3) is 5.91 Å². The molecule has 1 aromatic carbocycles. The summed E-state index contributed by atoms with van der Waals surface area (Å²) in [6, 6.07) is 6.61. The molecule has 1 aliphatic heterocycles. The molecule has 9 heteroatoms. The first kappa shape index (κ1) is 22.5. The number of aliphatic hydroxyl groups is 1. The van der Waals surface area contributed by atoms with Crippen LogP contribution in [0.4, 0.5) is 0 Å². The lowest BCUT2D eigenvalue weighted by atomic mass is 10.1. The minimum atomic E-state index is -0.279. The van der Waals surface area contributed by atoms with Gasteiger partial charge in [-0.1, -0.05) is 11.6 Å². The SMILES string of the molecule is CCO[C@@H]1CC(CO)N(C(=O)c2cc(OC)c3oc(CCc4cc(Cl)ccn4)nc3c2)C1. The van der Waals surface area contributed by atoms with Crippen LogP contribution in [0.5, 0.6) is 5.75 Å². The zero-order valence-corrected chi connectivity index (χ0v) is 18.8. The number of aryl methyl sites for hydroxylation is 2. The van der Waals surface area contributed by atoms with E-state index in [1.807, 2.05) is 13.0 Å². The van der Waals surface area contributed by atoms with Crippen molar-refractivity contribution in [1.29, 1.82) is 0 Å². The number of carbonyl (C=O) groups excluding carboxylic acids is 1.